The molecule has 3 aliphatic carbocycles. The fraction of sp³-hybridized carbons (Fsp3) is 0.370. The molecular weight excluding hydrogens is 531 g/mol. The molecule has 1 aromatic heterocycles. The molecule has 149 valence electrons. The molecule has 2 saturated carbocycles. The van der Waals surface area contributed by atoms with Crippen LogP contribution >= 0.6 is 0 Å². The maximum Gasteiger partial charge on any atom is 0.0163 e. The Morgan fingerprint density at radius 1 is 1.00 bits per heavy atom. The Balaban J connectivity index is 0.00000181. The summed E-state index contributed by atoms with van der Waals surface area (Å²) in [6.07, 6.45) is 8.94. The maximum atomic E-state index is 4.83. The van der Waals surface area contributed by atoms with Crippen LogP contribution in [0.2, 0.25) is 0 Å². The standard InChI is InChI=1S/C27H26N.Ir/c1-26(2)23-9-4-3-6-20(23)21-7-5-8-22(25(21)26)24-16-19(12-15-28-24)27-13-10-18(17-27)11-14-27;/h3-7,9,12,15-16,18H,10-11,13-14,17H2,1-2H3;/q-1;. The molecular formula is C27H26IrN-. The number of hydrogen-bond donors (Lipinski definition) is 0. The minimum Gasteiger partial charge on any atom is -0.305 e. The minimum atomic E-state index is -0.0270. The van der Waals surface area contributed by atoms with Crippen LogP contribution in [0.4, 0.5) is 0 Å². The van der Waals surface area contributed by atoms with Crippen LogP contribution < -0.4 is 0 Å². The quantitative estimate of drug-likeness (QED) is 0.321. The summed E-state index contributed by atoms with van der Waals surface area (Å²) < 4.78 is 0. The van der Waals surface area contributed by atoms with Crippen LogP contribution in [0.1, 0.15) is 62.6 Å². The van der Waals surface area contributed by atoms with Crippen molar-refractivity contribution in [2.75, 3.05) is 0 Å². The summed E-state index contributed by atoms with van der Waals surface area (Å²) in [6.45, 7) is 4.69. The molecule has 0 aliphatic heterocycles. The van der Waals surface area contributed by atoms with Gasteiger partial charge in [0.15, 0.2) is 0 Å². The van der Waals surface area contributed by atoms with Gasteiger partial charge in [-0.2, -0.15) is 0 Å². The van der Waals surface area contributed by atoms with Gasteiger partial charge in [-0.05, 0) is 77.3 Å². The molecule has 0 spiro atoms. The van der Waals surface area contributed by atoms with Crippen molar-refractivity contribution < 1.29 is 20.1 Å². The van der Waals surface area contributed by atoms with Gasteiger partial charge in [-0.25, -0.2) is 0 Å². The minimum absolute atomic E-state index is 0. The molecule has 3 aliphatic rings. The average molecular weight is 557 g/mol. The fourth-order valence-electron chi connectivity index (χ4n) is 6.47. The molecule has 0 unspecified atom stereocenters. The predicted octanol–water partition coefficient (Wildman–Crippen LogP) is 6.68. The van der Waals surface area contributed by atoms with Crippen LogP contribution in [-0.4, -0.2) is 4.98 Å². The first-order valence-corrected chi connectivity index (χ1v) is 10.7. The van der Waals surface area contributed by atoms with E-state index in [-0.39, 0.29) is 25.5 Å². The summed E-state index contributed by atoms with van der Waals surface area (Å²) in [5.74, 6) is 0.956. The third-order valence-corrected chi connectivity index (χ3v) is 7.88. The fourth-order valence-corrected chi connectivity index (χ4v) is 6.47. The van der Waals surface area contributed by atoms with Gasteiger partial charge in [-0.3, -0.25) is 0 Å². The van der Waals surface area contributed by atoms with Crippen LogP contribution in [0.25, 0.3) is 22.4 Å². The molecule has 29 heavy (non-hydrogen) atoms. The topological polar surface area (TPSA) is 12.9 Å². The van der Waals surface area contributed by atoms with Crippen molar-refractivity contribution in [3.63, 3.8) is 0 Å². The number of aromatic nitrogens is 1. The van der Waals surface area contributed by atoms with Crippen molar-refractivity contribution in [3.05, 3.63) is 77.5 Å². The van der Waals surface area contributed by atoms with Gasteiger partial charge in [-0.1, -0.05) is 49.7 Å². The monoisotopic (exact) mass is 557 g/mol. The number of rotatable bonds is 2. The third-order valence-electron chi connectivity index (χ3n) is 7.88. The number of fused-ring (bicyclic) bond motifs is 5. The van der Waals surface area contributed by atoms with E-state index in [0.29, 0.717) is 5.41 Å². The summed E-state index contributed by atoms with van der Waals surface area (Å²) in [5, 5.41) is 0. The van der Waals surface area contributed by atoms with E-state index >= 15 is 0 Å². The Morgan fingerprint density at radius 3 is 2.55 bits per heavy atom. The molecule has 6 rings (SSSR count). The molecule has 0 amide bonds. The number of pyridine rings is 1. The number of benzene rings is 2. The second-order valence-electron chi connectivity index (χ2n) is 9.67. The smallest absolute Gasteiger partial charge is 0.0163 e. The molecule has 1 heterocycles. The molecule has 0 saturated heterocycles. The molecule has 0 N–H and O–H groups in total. The van der Waals surface area contributed by atoms with Crippen molar-refractivity contribution in [3.8, 4) is 22.4 Å². The maximum absolute atomic E-state index is 4.83. The van der Waals surface area contributed by atoms with E-state index in [4.69, 9.17) is 4.98 Å². The average Bonchev–Trinajstić information content (AvgIpc) is 3.41. The zero-order valence-electron chi connectivity index (χ0n) is 17.1. The summed E-state index contributed by atoms with van der Waals surface area (Å²) in [5.41, 5.74) is 9.69. The van der Waals surface area contributed by atoms with Gasteiger partial charge < -0.3 is 4.98 Å². The summed E-state index contributed by atoms with van der Waals surface area (Å²) in [6, 6.07) is 21.4. The second-order valence-corrected chi connectivity index (χ2v) is 9.67. The van der Waals surface area contributed by atoms with Gasteiger partial charge >= 0.3 is 0 Å². The molecule has 3 aromatic rings. The van der Waals surface area contributed by atoms with Crippen LogP contribution in [-0.2, 0) is 30.9 Å². The van der Waals surface area contributed by atoms with E-state index in [0.717, 1.165) is 11.6 Å². The van der Waals surface area contributed by atoms with E-state index in [1.165, 1.54) is 65.5 Å². The van der Waals surface area contributed by atoms with Crippen molar-refractivity contribution in [1.82, 2.24) is 4.98 Å². The number of nitrogens with zero attached hydrogens (tertiary/aromatic N) is 1. The SMILES string of the molecule is CC1(C)c2ccccc2-c2cc[c-]c(-c3cc(C45CCC(CC4)C5)ccn3)c21.[Ir]. The van der Waals surface area contributed by atoms with E-state index in [9.17, 15) is 0 Å². The van der Waals surface area contributed by atoms with E-state index < -0.39 is 0 Å². The van der Waals surface area contributed by atoms with Crippen molar-refractivity contribution in [2.45, 2.75) is 56.8 Å². The van der Waals surface area contributed by atoms with Crippen LogP contribution in [0.5, 0.6) is 0 Å². The molecule has 2 fully saturated rings. The molecule has 2 heteroatoms. The Morgan fingerprint density at radius 2 is 1.79 bits per heavy atom. The molecule has 2 aromatic carbocycles. The van der Waals surface area contributed by atoms with E-state index in [2.05, 4.69) is 68.4 Å². The normalized spacial score (nSPS) is 25.4. The zero-order valence-corrected chi connectivity index (χ0v) is 19.5. The Hall–Kier alpha value is -1.76. The zero-order chi connectivity index (χ0) is 18.9. The largest absolute Gasteiger partial charge is 0.305 e. The van der Waals surface area contributed by atoms with Crippen LogP contribution in [0.15, 0.2) is 54.7 Å². The molecule has 0 atom stereocenters. The molecule has 1 nitrogen and oxygen atoms in total. The van der Waals surface area contributed by atoms with Crippen molar-refractivity contribution >= 4 is 0 Å². The van der Waals surface area contributed by atoms with Gasteiger partial charge in [0.05, 0.1) is 0 Å². The molecule has 1 radical (unpaired) electrons. The van der Waals surface area contributed by atoms with Gasteiger partial charge in [0.2, 0.25) is 0 Å². The number of hydrogen-bond acceptors (Lipinski definition) is 1. The Bertz CT molecular complexity index is 1090. The summed E-state index contributed by atoms with van der Waals surface area (Å²) in [4.78, 5) is 4.83. The van der Waals surface area contributed by atoms with Crippen molar-refractivity contribution in [1.29, 1.82) is 0 Å². The Labute approximate surface area is 187 Å². The molecule has 2 bridgehead atoms. The predicted molar refractivity (Wildman–Crippen MR) is 114 cm³/mol. The first-order chi connectivity index (χ1) is 13.6. The van der Waals surface area contributed by atoms with Gasteiger partial charge in [0.25, 0.3) is 0 Å². The van der Waals surface area contributed by atoms with Crippen LogP contribution in [0, 0.1) is 12.0 Å². The third kappa shape index (κ3) is 2.65. The van der Waals surface area contributed by atoms with Gasteiger partial charge in [0, 0.05) is 26.3 Å². The Kier molecular flexibility index (Phi) is 4.39. The van der Waals surface area contributed by atoms with Crippen molar-refractivity contribution in [2.24, 2.45) is 5.92 Å². The first-order valence-electron chi connectivity index (χ1n) is 10.7. The van der Waals surface area contributed by atoms with E-state index in [1.807, 2.05) is 6.20 Å². The summed E-state index contributed by atoms with van der Waals surface area (Å²) >= 11 is 0. The first kappa shape index (κ1) is 19.2. The van der Waals surface area contributed by atoms with Crippen LogP contribution in [0.3, 0.4) is 0 Å². The van der Waals surface area contributed by atoms with Gasteiger partial charge in [-0.15, -0.1) is 29.3 Å². The van der Waals surface area contributed by atoms with E-state index in [1.54, 1.807) is 0 Å². The van der Waals surface area contributed by atoms with Gasteiger partial charge in [0.1, 0.15) is 0 Å². The second kappa shape index (κ2) is 6.62. The summed E-state index contributed by atoms with van der Waals surface area (Å²) in [7, 11) is 0.